The molecule has 0 bridgehead atoms. The number of hydrogen-bond donors (Lipinski definition) is 1. The first-order valence-corrected chi connectivity index (χ1v) is 6.76. The van der Waals surface area contributed by atoms with E-state index in [1.54, 1.807) is 7.11 Å². The van der Waals surface area contributed by atoms with Crippen molar-refractivity contribution in [2.24, 2.45) is 0 Å². The lowest BCUT2D eigenvalue weighted by atomic mass is 10.2. The number of methoxy groups -OCH3 is 1. The Balaban J connectivity index is 1.96. The van der Waals surface area contributed by atoms with E-state index in [4.69, 9.17) is 9.47 Å². The molecule has 0 fully saturated rings. The number of rotatable bonds is 8. The Morgan fingerprint density at radius 1 is 1.21 bits per heavy atom. The second-order valence-corrected chi connectivity index (χ2v) is 4.41. The van der Waals surface area contributed by atoms with Crippen molar-refractivity contribution in [3.63, 3.8) is 0 Å². The molecule has 0 spiro atoms. The fourth-order valence-electron chi connectivity index (χ4n) is 2.13. The lowest BCUT2D eigenvalue weighted by Crippen LogP contribution is -2.23. The van der Waals surface area contributed by atoms with E-state index in [1.165, 1.54) is 10.9 Å². The normalized spacial score (nSPS) is 11.1. The first-order valence-electron chi connectivity index (χ1n) is 6.76. The van der Waals surface area contributed by atoms with Gasteiger partial charge in [0.05, 0.1) is 13.2 Å². The van der Waals surface area contributed by atoms with Crippen LogP contribution >= 0.6 is 0 Å². The third-order valence-electron chi connectivity index (χ3n) is 3.07. The summed E-state index contributed by atoms with van der Waals surface area (Å²) in [5, 5.41) is 4.58. The standard InChI is InChI=1S/C15H22N2O2/c1-3-19-14-4-5-15-13(12-14)6-9-17(15)10-7-16-8-11-18-2/h4-6,9,12,16H,3,7-8,10-11H2,1-2H3. The molecule has 0 atom stereocenters. The van der Waals surface area contributed by atoms with Crippen LogP contribution in [-0.4, -0.2) is 38.0 Å². The Morgan fingerprint density at radius 3 is 2.89 bits per heavy atom. The molecule has 104 valence electrons. The number of ether oxygens (including phenoxy) is 2. The van der Waals surface area contributed by atoms with Gasteiger partial charge in [-0.05, 0) is 31.2 Å². The Labute approximate surface area is 114 Å². The van der Waals surface area contributed by atoms with Crippen LogP contribution in [0.4, 0.5) is 0 Å². The molecule has 2 rings (SSSR count). The highest BCUT2D eigenvalue weighted by Gasteiger charge is 2.02. The van der Waals surface area contributed by atoms with E-state index in [0.717, 1.165) is 32.0 Å². The van der Waals surface area contributed by atoms with E-state index >= 15 is 0 Å². The van der Waals surface area contributed by atoms with Crippen LogP contribution in [0.5, 0.6) is 5.75 Å². The number of benzene rings is 1. The molecule has 0 aliphatic heterocycles. The molecule has 1 heterocycles. The number of nitrogens with one attached hydrogen (secondary N) is 1. The Kier molecular flexibility index (Phi) is 5.24. The fraction of sp³-hybridized carbons (Fsp3) is 0.467. The fourth-order valence-corrected chi connectivity index (χ4v) is 2.13. The molecule has 1 aromatic heterocycles. The van der Waals surface area contributed by atoms with E-state index in [9.17, 15) is 0 Å². The summed E-state index contributed by atoms with van der Waals surface area (Å²) in [5.41, 5.74) is 1.25. The minimum atomic E-state index is 0.704. The quantitative estimate of drug-likeness (QED) is 0.741. The second-order valence-electron chi connectivity index (χ2n) is 4.41. The molecule has 19 heavy (non-hydrogen) atoms. The van der Waals surface area contributed by atoms with Gasteiger partial charge in [0, 0.05) is 43.8 Å². The van der Waals surface area contributed by atoms with Gasteiger partial charge in [-0.1, -0.05) is 0 Å². The molecule has 1 N–H and O–H groups in total. The van der Waals surface area contributed by atoms with Gasteiger partial charge in [-0.2, -0.15) is 0 Å². The molecule has 2 aromatic rings. The maximum Gasteiger partial charge on any atom is 0.120 e. The van der Waals surface area contributed by atoms with Gasteiger partial charge in [0.25, 0.3) is 0 Å². The third-order valence-corrected chi connectivity index (χ3v) is 3.07. The zero-order valence-corrected chi connectivity index (χ0v) is 11.7. The molecular weight excluding hydrogens is 240 g/mol. The van der Waals surface area contributed by atoms with Crippen molar-refractivity contribution in [1.29, 1.82) is 0 Å². The lowest BCUT2D eigenvalue weighted by Gasteiger charge is -2.08. The Hall–Kier alpha value is -1.52. The summed E-state index contributed by atoms with van der Waals surface area (Å²) in [4.78, 5) is 0. The monoisotopic (exact) mass is 262 g/mol. The van der Waals surface area contributed by atoms with Gasteiger partial charge in [0.15, 0.2) is 0 Å². The summed E-state index contributed by atoms with van der Waals surface area (Å²) >= 11 is 0. The van der Waals surface area contributed by atoms with Gasteiger partial charge in [-0.15, -0.1) is 0 Å². The summed E-state index contributed by atoms with van der Waals surface area (Å²) < 4.78 is 12.8. The number of aromatic nitrogens is 1. The van der Waals surface area contributed by atoms with Crippen molar-refractivity contribution in [2.45, 2.75) is 13.5 Å². The molecule has 1 aromatic carbocycles. The largest absolute Gasteiger partial charge is 0.494 e. The van der Waals surface area contributed by atoms with Crippen molar-refractivity contribution < 1.29 is 9.47 Å². The summed E-state index contributed by atoms with van der Waals surface area (Å²) in [5.74, 6) is 0.936. The maximum atomic E-state index is 5.51. The Morgan fingerprint density at radius 2 is 2.11 bits per heavy atom. The van der Waals surface area contributed by atoms with Crippen LogP contribution in [-0.2, 0) is 11.3 Å². The first kappa shape index (κ1) is 13.9. The van der Waals surface area contributed by atoms with Crippen LogP contribution in [0.1, 0.15) is 6.92 Å². The summed E-state index contributed by atoms with van der Waals surface area (Å²) in [6.45, 7) is 6.26. The van der Waals surface area contributed by atoms with Gasteiger partial charge in [-0.25, -0.2) is 0 Å². The minimum absolute atomic E-state index is 0.704. The van der Waals surface area contributed by atoms with Crippen molar-refractivity contribution in [2.75, 3.05) is 33.4 Å². The van der Waals surface area contributed by atoms with E-state index < -0.39 is 0 Å². The highest BCUT2D eigenvalue weighted by Crippen LogP contribution is 2.21. The highest BCUT2D eigenvalue weighted by atomic mass is 16.5. The average molecular weight is 262 g/mol. The Bertz CT molecular complexity index is 508. The van der Waals surface area contributed by atoms with Crippen molar-refractivity contribution >= 4 is 10.9 Å². The van der Waals surface area contributed by atoms with Crippen LogP contribution in [0.2, 0.25) is 0 Å². The lowest BCUT2D eigenvalue weighted by molar-refractivity contribution is 0.199. The SMILES string of the molecule is CCOc1ccc2c(ccn2CCNCCOC)c1. The van der Waals surface area contributed by atoms with Crippen LogP contribution in [0.25, 0.3) is 10.9 Å². The molecule has 0 aliphatic rings. The predicted octanol–water partition coefficient (Wildman–Crippen LogP) is 2.28. The minimum Gasteiger partial charge on any atom is -0.494 e. The first-order chi connectivity index (χ1) is 9.35. The van der Waals surface area contributed by atoms with E-state index in [-0.39, 0.29) is 0 Å². The topological polar surface area (TPSA) is 35.4 Å². The summed E-state index contributed by atoms with van der Waals surface area (Å²) in [6, 6.07) is 8.37. The number of hydrogen-bond acceptors (Lipinski definition) is 3. The number of nitrogens with zero attached hydrogens (tertiary/aromatic N) is 1. The smallest absolute Gasteiger partial charge is 0.120 e. The van der Waals surface area contributed by atoms with Gasteiger partial charge < -0.3 is 19.4 Å². The molecule has 0 unspecified atom stereocenters. The second kappa shape index (κ2) is 7.16. The van der Waals surface area contributed by atoms with Crippen LogP contribution in [0.15, 0.2) is 30.5 Å². The molecule has 0 radical (unpaired) electrons. The van der Waals surface area contributed by atoms with Gasteiger partial charge >= 0.3 is 0 Å². The van der Waals surface area contributed by atoms with Crippen LogP contribution < -0.4 is 10.1 Å². The maximum absolute atomic E-state index is 5.51. The van der Waals surface area contributed by atoms with Gasteiger partial charge in [-0.3, -0.25) is 0 Å². The third kappa shape index (κ3) is 3.72. The molecule has 0 saturated heterocycles. The zero-order chi connectivity index (χ0) is 13.5. The number of fused-ring (bicyclic) bond motifs is 1. The van der Waals surface area contributed by atoms with Crippen LogP contribution in [0, 0.1) is 0 Å². The molecule has 0 amide bonds. The summed E-state index contributed by atoms with van der Waals surface area (Å²) in [6.07, 6.45) is 2.12. The van der Waals surface area contributed by atoms with Gasteiger partial charge in [0.1, 0.15) is 5.75 Å². The van der Waals surface area contributed by atoms with E-state index in [0.29, 0.717) is 6.61 Å². The van der Waals surface area contributed by atoms with Gasteiger partial charge in [0.2, 0.25) is 0 Å². The molecule has 0 saturated carbocycles. The average Bonchev–Trinajstić information content (AvgIpc) is 2.82. The van der Waals surface area contributed by atoms with E-state index in [1.807, 2.05) is 13.0 Å². The zero-order valence-electron chi connectivity index (χ0n) is 11.7. The van der Waals surface area contributed by atoms with Crippen molar-refractivity contribution in [3.05, 3.63) is 30.5 Å². The van der Waals surface area contributed by atoms with E-state index in [2.05, 4.69) is 34.3 Å². The molecule has 4 nitrogen and oxygen atoms in total. The van der Waals surface area contributed by atoms with Crippen LogP contribution in [0.3, 0.4) is 0 Å². The molecular formula is C15H22N2O2. The molecule has 0 aliphatic carbocycles. The van der Waals surface area contributed by atoms with Crippen molar-refractivity contribution in [3.8, 4) is 5.75 Å². The summed E-state index contributed by atoms with van der Waals surface area (Å²) in [7, 11) is 1.72. The molecule has 4 heteroatoms. The predicted molar refractivity (Wildman–Crippen MR) is 77.9 cm³/mol. The highest BCUT2D eigenvalue weighted by molar-refractivity contribution is 5.81. The van der Waals surface area contributed by atoms with Crippen molar-refractivity contribution in [1.82, 2.24) is 9.88 Å².